The van der Waals surface area contributed by atoms with Gasteiger partial charge < -0.3 is 5.32 Å². The van der Waals surface area contributed by atoms with Crippen LogP contribution in [0.4, 0.5) is 0 Å². The van der Waals surface area contributed by atoms with Crippen LogP contribution in [0.25, 0.3) is 0 Å². The molecule has 0 spiro atoms. The topological polar surface area (TPSA) is 32.3 Å². The number of likely N-dealkylation sites (tertiary alicyclic amines) is 1. The van der Waals surface area contributed by atoms with Gasteiger partial charge in [0.2, 0.25) is 0 Å². The Balaban J connectivity index is 1.89. The van der Waals surface area contributed by atoms with E-state index in [0.717, 1.165) is 18.5 Å². The number of carbonyl (C=O) groups excluding carboxylic acids is 1. The highest BCUT2D eigenvalue weighted by Gasteiger charge is 2.23. The third-order valence-corrected chi connectivity index (χ3v) is 3.93. The molecular weight excluding hydrogens is 248 g/mol. The van der Waals surface area contributed by atoms with Crippen LogP contribution in [0.5, 0.6) is 0 Å². The molecule has 1 atom stereocenters. The molecular formula is C17H26N2O. The summed E-state index contributed by atoms with van der Waals surface area (Å²) in [6.07, 6.45) is 3.73. The Morgan fingerprint density at radius 2 is 1.85 bits per heavy atom. The summed E-state index contributed by atoms with van der Waals surface area (Å²) in [5.74, 6) is 0.702. The van der Waals surface area contributed by atoms with E-state index >= 15 is 0 Å². The maximum Gasteiger partial charge on any atom is 0.251 e. The molecule has 1 heterocycles. The van der Waals surface area contributed by atoms with E-state index < -0.39 is 0 Å². The molecule has 0 aliphatic carbocycles. The Morgan fingerprint density at radius 3 is 2.45 bits per heavy atom. The number of nitrogens with one attached hydrogen (secondary N) is 1. The van der Waals surface area contributed by atoms with Crippen LogP contribution in [0, 0.1) is 5.92 Å². The Kier molecular flexibility index (Phi) is 5.60. The second-order valence-electron chi connectivity index (χ2n) is 6.10. The average Bonchev–Trinajstić information content (AvgIpc) is 2.97. The Morgan fingerprint density at radius 1 is 1.20 bits per heavy atom. The predicted molar refractivity (Wildman–Crippen MR) is 82.8 cm³/mol. The van der Waals surface area contributed by atoms with Gasteiger partial charge in [0.1, 0.15) is 0 Å². The van der Waals surface area contributed by atoms with E-state index in [1.807, 2.05) is 30.3 Å². The summed E-state index contributed by atoms with van der Waals surface area (Å²) in [6, 6.07) is 9.95. The van der Waals surface area contributed by atoms with Crippen molar-refractivity contribution in [1.29, 1.82) is 0 Å². The lowest BCUT2D eigenvalue weighted by atomic mass is 10.0. The van der Waals surface area contributed by atoms with Gasteiger partial charge in [-0.25, -0.2) is 0 Å². The van der Waals surface area contributed by atoms with E-state index in [-0.39, 0.29) is 5.91 Å². The van der Waals surface area contributed by atoms with Crippen LogP contribution in [0.1, 0.15) is 43.5 Å². The molecule has 110 valence electrons. The van der Waals surface area contributed by atoms with Gasteiger partial charge in [0.15, 0.2) is 0 Å². The highest BCUT2D eigenvalue weighted by molar-refractivity contribution is 5.94. The Bertz CT molecular complexity index is 410. The van der Waals surface area contributed by atoms with E-state index in [4.69, 9.17) is 0 Å². The first-order valence-electron chi connectivity index (χ1n) is 7.74. The summed E-state index contributed by atoms with van der Waals surface area (Å²) in [7, 11) is 0. The summed E-state index contributed by atoms with van der Waals surface area (Å²) in [5, 5.41) is 3.10. The third-order valence-electron chi connectivity index (χ3n) is 3.93. The first-order chi connectivity index (χ1) is 9.66. The normalized spacial score (nSPS) is 17.4. The van der Waals surface area contributed by atoms with E-state index in [0.29, 0.717) is 12.0 Å². The van der Waals surface area contributed by atoms with Crippen LogP contribution in [-0.4, -0.2) is 36.5 Å². The summed E-state index contributed by atoms with van der Waals surface area (Å²) >= 11 is 0. The fourth-order valence-electron chi connectivity index (χ4n) is 2.91. The fraction of sp³-hybridized carbons (Fsp3) is 0.588. The van der Waals surface area contributed by atoms with Crippen LogP contribution >= 0.6 is 0 Å². The van der Waals surface area contributed by atoms with Crippen LogP contribution in [-0.2, 0) is 0 Å². The lowest BCUT2D eigenvalue weighted by molar-refractivity contribution is 0.0933. The number of hydrogen-bond acceptors (Lipinski definition) is 2. The zero-order chi connectivity index (χ0) is 14.4. The summed E-state index contributed by atoms with van der Waals surface area (Å²) < 4.78 is 0. The molecule has 0 radical (unpaired) electrons. The van der Waals surface area contributed by atoms with E-state index in [1.54, 1.807) is 0 Å². The van der Waals surface area contributed by atoms with Gasteiger partial charge in [0, 0.05) is 18.2 Å². The van der Waals surface area contributed by atoms with E-state index in [2.05, 4.69) is 24.1 Å². The number of nitrogens with zero attached hydrogens (tertiary/aromatic N) is 1. The van der Waals surface area contributed by atoms with Crippen molar-refractivity contribution in [2.75, 3.05) is 19.6 Å². The van der Waals surface area contributed by atoms with Gasteiger partial charge in [-0.05, 0) is 50.4 Å². The van der Waals surface area contributed by atoms with E-state index in [1.165, 1.54) is 25.9 Å². The molecule has 2 rings (SSSR count). The highest BCUT2D eigenvalue weighted by Crippen LogP contribution is 2.17. The minimum absolute atomic E-state index is 0.0403. The Hall–Kier alpha value is -1.35. The van der Waals surface area contributed by atoms with Crippen molar-refractivity contribution < 1.29 is 4.79 Å². The standard InChI is InChI=1S/C17H26N2O/c1-14(2)12-16(19-10-6-7-11-19)13-18-17(20)15-8-4-3-5-9-15/h3-5,8-9,14,16H,6-7,10-13H2,1-2H3,(H,18,20). The number of amides is 1. The van der Waals surface area contributed by atoms with Gasteiger partial charge in [-0.15, -0.1) is 0 Å². The predicted octanol–water partition coefficient (Wildman–Crippen LogP) is 2.93. The summed E-state index contributed by atoms with van der Waals surface area (Å²) in [6.45, 7) is 7.62. The highest BCUT2D eigenvalue weighted by atomic mass is 16.1. The van der Waals surface area contributed by atoms with Crippen LogP contribution in [0.15, 0.2) is 30.3 Å². The van der Waals surface area contributed by atoms with Gasteiger partial charge in [-0.2, -0.15) is 0 Å². The Labute approximate surface area is 122 Å². The van der Waals surface area contributed by atoms with Crippen molar-refractivity contribution in [3.8, 4) is 0 Å². The summed E-state index contributed by atoms with van der Waals surface area (Å²) in [5.41, 5.74) is 0.747. The molecule has 1 aromatic rings. The van der Waals surface area contributed by atoms with Gasteiger partial charge in [0.25, 0.3) is 5.91 Å². The molecule has 1 N–H and O–H groups in total. The van der Waals surface area contributed by atoms with Crippen molar-refractivity contribution in [3.05, 3.63) is 35.9 Å². The molecule has 20 heavy (non-hydrogen) atoms. The smallest absolute Gasteiger partial charge is 0.251 e. The first-order valence-corrected chi connectivity index (χ1v) is 7.74. The number of rotatable bonds is 6. The van der Waals surface area contributed by atoms with Gasteiger partial charge in [-0.1, -0.05) is 32.0 Å². The van der Waals surface area contributed by atoms with Gasteiger partial charge in [0.05, 0.1) is 0 Å². The van der Waals surface area contributed by atoms with Crippen molar-refractivity contribution in [2.45, 2.75) is 39.2 Å². The quantitative estimate of drug-likeness (QED) is 0.865. The molecule has 1 saturated heterocycles. The lowest BCUT2D eigenvalue weighted by Crippen LogP contribution is -2.43. The lowest BCUT2D eigenvalue weighted by Gasteiger charge is -2.29. The van der Waals surface area contributed by atoms with E-state index in [9.17, 15) is 4.79 Å². The zero-order valence-electron chi connectivity index (χ0n) is 12.6. The SMILES string of the molecule is CC(C)CC(CNC(=O)c1ccccc1)N1CCCC1. The number of carbonyl (C=O) groups is 1. The molecule has 1 aliphatic rings. The molecule has 1 aromatic carbocycles. The molecule has 1 unspecified atom stereocenters. The minimum Gasteiger partial charge on any atom is -0.350 e. The maximum atomic E-state index is 12.1. The molecule has 0 bridgehead atoms. The number of hydrogen-bond donors (Lipinski definition) is 1. The van der Waals surface area contributed by atoms with Crippen LogP contribution in [0.2, 0.25) is 0 Å². The van der Waals surface area contributed by atoms with Crippen LogP contribution < -0.4 is 5.32 Å². The van der Waals surface area contributed by atoms with Crippen molar-refractivity contribution in [1.82, 2.24) is 10.2 Å². The van der Waals surface area contributed by atoms with Gasteiger partial charge >= 0.3 is 0 Å². The van der Waals surface area contributed by atoms with Crippen LogP contribution in [0.3, 0.4) is 0 Å². The zero-order valence-corrected chi connectivity index (χ0v) is 12.6. The van der Waals surface area contributed by atoms with Crippen molar-refractivity contribution >= 4 is 5.91 Å². The van der Waals surface area contributed by atoms with Crippen molar-refractivity contribution in [3.63, 3.8) is 0 Å². The molecule has 3 heteroatoms. The fourth-order valence-corrected chi connectivity index (χ4v) is 2.91. The molecule has 0 aromatic heterocycles. The van der Waals surface area contributed by atoms with Gasteiger partial charge in [-0.3, -0.25) is 9.69 Å². The monoisotopic (exact) mass is 274 g/mol. The molecule has 1 aliphatic heterocycles. The van der Waals surface area contributed by atoms with Crippen molar-refractivity contribution in [2.24, 2.45) is 5.92 Å². The average molecular weight is 274 g/mol. The molecule has 1 fully saturated rings. The second-order valence-corrected chi connectivity index (χ2v) is 6.10. The third kappa shape index (κ3) is 4.34. The minimum atomic E-state index is 0.0403. The summed E-state index contributed by atoms with van der Waals surface area (Å²) in [4.78, 5) is 14.7. The first kappa shape index (κ1) is 15.0. The second kappa shape index (κ2) is 7.44. The largest absolute Gasteiger partial charge is 0.350 e. The molecule has 3 nitrogen and oxygen atoms in total. The number of benzene rings is 1. The maximum absolute atomic E-state index is 12.1. The molecule has 0 saturated carbocycles. The molecule has 1 amide bonds.